The normalized spacial score (nSPS) is 23.4. The highest BCUT2D eigenvalue weighted by Crippen LogP contribution is 2.29. The molecule has 3 nitrogen and oxygen atoms in total. The lowest BCUT2D eigenvalue weighted by Crippen LogP contribution is -2.26. The Morgan fingerprint density at radius 3 is 2.74 bits per heavy atom. The Bertz CT molecular complexity index is 539. The molecule has 0 atom stereocenters. The maximum absolute atomic E-state index is 4.28. The smallest absolute Gasteiger partial charge is 0.156 e. The zero-order valence-electron chi connectivity index (χ0n) is 11.5. The van der Waals surface area contributed by atoms with Crippen molar-refractivity contribution in [2.24, 2.45) is 5.92 Å². The summed E-state index contributed by atoms with van der Waals surface area (Å²) in [5, 5.41) is 14.3. The standard InChI is InChI=1S/C16H21N3/c1-2-12-7-9-14(10-8-12)18-16-15-6-4-3-5-13(15)11-17-19-16/h3-6,11-12,14H,2,7-10H2,1H3,(H,18,19). The highest BCUT2D eigenvalue weighted by Gasteiger charge is 2.20. The van der Waals surface area contributed by atoms with Gasteiger partial charge in [-0.1, -0.05) is 37.6 Å². The Labute approximate surface area is 114 Å². The number of hydrogen-bond donors (Lipinski definition) is 1. The first kappa shape index (κ1) is 12.4. The van der Waals surface area contributed by atoms with E-state index in [1.807, 2.05) is 12.3 Å². The highest BCUT2D eigenvalue weighted by molar-refractivity contribution is 5.90. The molecule has 2 aromatic rings. The minimum Gasteiger partial charge on any atom is -0.365 e. The molecule has 1 aliphatic rings. The summed E-state index contributed by atoms with van der Waals surface area (Å²) in [6.45, 7) is 2.30. The molecule has 19 heavy (non-hydrogen) atoms. The van der Waals surface area contributed by atoms with E-state index in [0.717, 1.165) is 17.1 Å². The summed E-state index contributed by atoms with van der Waals surface area (Å²) < 4.78 is 0. The number of fused-ring (bicyclic) bond motifs is 1. The van der Waals surface area contributed by atoms with Gasteiger partial charge in [0, 0.05) is 16.8 Å². The predicted octanol–water partition coefficient (Wildman–Crippen LogP) is 4.01. The fourth-order valence-electron chi connectivity index (χ4n) is 3.04. The van der Waals surface area contributed by atoms with Crippen LogP contribution in [0.2, 0.25) is 0 Å². The van der Waals surface area contributed by atoms with E-state index in [0.29, 0.717) is 6.04 Å². The average Bonchev–Trinajstić information content (AvgIpc) is 2.48. The van der Waals surface area contributed by atoms with E-state index in [-0.39, 0.29) is 0 Å². The minimum absolute atomic E-state index is 0.558. The molecule has 1 aliphatic carbocycles. The van der Waals surface area contributed by atoms with E-state index in [1.54, 1.807) is 0 Å². The van der Waals surface area contributed by atoms with Crippen LogP contribution in [0.5, 0.6) is 0 Å². The molecule has 0 spiro atoms. The van der Waals surface area contributed by atoms with E-state index in [9.17, 15) is 0 Å². The van der Waals surface area contributed by atoms with Crippen LogP contribution in [0.4, 0.5) is 5.82 Å². The molecule has 0 radical (unpaired) electrons. The number of benzene rings is 1. The van der Waals surface area contributed by atoms with E-state index in [1.165, 1.54) is 37.5 Å². The minimum atomic E-state index is 0.558. The van der Waals surface area contributed by atoms with E-state index in [2.05, 4.69) is 40.6 Å². The fraction of sp³-hybridized carbons (Fsp3) is 0.500. The summed E-state index contributed by atoms with van der Waals surface area (Å²) in [6.07, 6.45) is 8.33. The largest absolute Gasteiger partial charge is 0.365 e. The van der Waals surface area contributed by atoms with Crippen LogP contribution in [0.1, 0.15) is 39.0 Å². The Balaban J connectivity index is 1.75. The number of nitrogens with one attached hydrogen (secondary N) is 1. The summed E-state index contributed by atoms with van der Waals surface area (Å²) in [6, 6.07) is 8.86. The maximum atomic E-state index is 4.28. The van der Waals surface area contributed by atoms with Crippen molar-refractivity contribution in [1.82, 2.24) is 10.2 Å². The monoisotopic (exact) mass is 255 g/mol. The first-order chi connectivity index (χ1) is 9.36. The molecule has 3 rings (SSSR count). The third-order valence-electron chi connectivity index (χ3n) is 4.34. The molecular formula is C16H21N3. The van der Waals surface area contributed by atoms with Crippen LogP contribution >= 0.6 is 0 Å². The molecule has 0 amide bonds. The number of rotatable bonds is 3. The van der Waals surface area contributed by atoms with E-state index < -0.39 is 0 Å². The SMILES string of the molecule is CCC1CCC(Nc2nncc3ccccc23)CC1. The zero-order chi connectivity index (χ0) is 13.1. The van der Waals surface area contributed by atoms with Gasteiger partial charge in [0.25, 0.3) is 0 Å². The van der Waals surface area contributed by atoms with Gasteiger partial charge in [0.2, 0.25) is 0 Å². The quantitative estimate of drug-likeness (QED) is 0.900. The molecule has 3 heteroatoms. The number of hydrogen-bond acceptors (Lipinski definition) is 3. The van der Waals surface area contributed by atoms with Gasteiger partial charge in [-0.05, 0) is 31.6 Å². The lowest BCUT2D eigenvalue weighted by Gasteiger charge is -2.28. The molecule has 1 N–H and O–H groups in total. The van der Waals surface area contributed by atoms with Crippen molar-refractivity contribution >= 4 is 16.6 Å². The predicted molar refractivity (Wildman–Crippen MR) is 79.2 cm³/mol. The summed E-state index contributed by atoms with van der Waals surface area (Å²) in [5.41, 5.74) is 0. The van der Waals surface area contributed by atoms with Gasteiger partial charge >= 0.3 is 0 Å². The molecule has 1 fully saturated rings. The van der Waals surface area contributed by atoms with Crippen molar-refractivity contribution in [3.05, 3.63) is 30.5 Å². The second-order valence-electron chi connectivity index (χ2n) is 5.55. The van der Waals surface area contributed by atoms with Gasteiger partial charge in [-0.3, -0.25) is 0 Å². The van der Waals surface area contributed by atoms with Crippen LogP contribution < -0.4 is 5.32 Å². The van der Waals surface area contributed by atoms with Gasteiger partial charge in [-0.2, -0.15) is 5.10 Å². The van der Waals surface area contributed by atoms with Gasteiger partial charge in [-0.15, -0.1) is 5.10 Å². The Morgan fingerprint density at radius 1 is 1.16 bits per heavy atom. The Kier molecular flexibility index (Phi) is 3.62. The molecule has 0 aliphatic heterocycles. The van der Waals surface area contributed by atoms with Gasteiger partial charge < -0.3 is 5.32 Å². The molecular weight excluding hydrogens is 234 g/mol. The van der Waals surface area contributed by atoms with Crippen molar-refractivity contribution in [3.63, 3.8) is 0 Å². The highest BCUT2D eigenvalue weighted by atomic mass is 15.2. The number of aromatic nitrogens is 2. The van der Waals surface area contributed by atoms with Gasteiger partial charge in [-0.25, -0.2) is 0 Å². The summed E-state index contributed by atoms with van der Waals surface area (Å²) in [7, 11) is 0. The Hall–Kier alpha value is -1.64. The lowest BCUT2D eigenvalue weighted by atomic mass is 9.84. The zero-order valence-corrected chi connectivity index (χ0v) is 11.5. The third-order valence-corrected chi connectivity index (χ3v) is 4.34. The molecule has 0 unspecified atom stereocenters. The first-order valence-corrected chi connectivity index (χ1v) is 7.33. The van der Waals surface area contributed by atoms with Crippen LogP contribution in [-0.2, 0) is 0 Å². The Morgan fingerprint density at radius 2 is 1.95 bits per heavy atom. The van der Waals surface area contributed by atoms with E-state index in [4.69, 9.17) is 0 Å². The topological polar surface area (TPSA) is 37.8 Å². The molecule has 0 saturated heterocycles. The average molecular weight is 255 g/mol. The number of anilines is 1. The van der Waals surface area contributed by atoms with Crippen LogP contribution in [0.15, 0.2) is 30.5 Å². The van der Waals surface area contributed by atoms with Crippen molar-refractivity contribution in [2.75, 3.05) is 5.32 Å². The van der Waals surface area contributed by atoms with Crippen LogP contribution in [0, 0.1) is 5.92 Å². The second-order valence-corrected chi connectivity index (χ2v) is 5.55. The van der Waals surface area contributed by atoms with Crippen molar-refractivity contribution in [2.45, 2.75) is 45.1 Å². The molecule has 1 saturated carbocycles. The summed E-state index contributed by atoms with van der Waals surface area (Å²) in [5.74, 6) is 1.87. The fourth-order valence-corrected chi connectivity index (χ4v) is 3.04. The molecule has 1 aromatic carbocycles. The maximum Gasteiger partial charge on any atom is 0.156 e. The van der Waals surface area contributed by atoms with Crippen molar-refractivity contribution < 1.29 is 0 Å². The first-order valence-electron chi connectivity index (χ1n) is 7.33. The summed E-state index contributed by atoms with van der Waals surface area (Å²) in [4.78, 5) is 0. The second kappa shape index (κ2) is 5.55. The molecule has 1 aromatic heterocycles. The van der Waals surface area contributed by atoms with Gasteiger partial charge in [0.15, 0.2) is 5.82 Å². The van der Waals surface area contributed by atoms with Gasteiger partial charge in [0.1, 0.15) is 0 Å². The van der Waals surface area contributed by atoms with Crippen LogP contribution in [-0.4, -0.2) is 16.2 Å². The third kappa shape index (κ3) is 2.70. The summed E-state index contributed by atoms with van der Waals surface area (Å²) >= 11 is 0. The number of nitrogens with zero attached hydrogens (tertiary/aromatic N) is 2. The van der Waals surface area contributed by atoms with Crippen LogP contribution in [0.25, 0.3) is 10.8 Å². The molecule has 1 heterocycles. The van der Waals surface area contributed by atoms with Gasteiger partial charge in [0.05, 0.1) is 6.20 Å². The lowest BCUT2D eigenvalue weighted by molar-refractivity contribution is 0.330. The van der Waals surface area contributed by atoms with Crippen molar-refractivity contribution in [3.8, 4) is 0 Å². The van der Waals surface area contributed by atoms with Crippen LogP contribution in [0.3, 0.4) is 0 Å². The van der Waals surface area contributed by atoms with Crippen molar-refractivity contribution in [1.29, 1.82) is 0 Å². The molecule has 100 valence electrons. The van der Waals surface area contributed by atoms with E-state index >= 15 is 0 Å². The molecule has 0 bridgehead atoms.